The van der Waals surface area contributed by atoms with Crippen LogP contribution in [0.1, 0.15) is 16.2 Å². The first-order valence-corrected chi connectivity index (χ1v) is 8.94. The highest BCUT2D eigenvalue weighted by Crippen LogP contribution is 2.12. The van der Waals surface area contributed by atoms with E-state index in [9.17, 15) is 14.4 Å². The summed E-state index contributed by atoms with van der Waals surface area (Å²) in [6, 6.07) is 14.0. The molecule has 0 spiro atoms. The van der Waals surface area contributed by atoms with Gasteiger partial charge in [-0.15, -0.1) is 0 Å². The number of nitrogens with one attached hydrogen (secondary N) is 3. The van der Waals surface area contributed by atoms with Crippen LogP contribution in [0, 0.1) is 0 Å². The molecule has 0 aliphatic rings. The zero-order chi connectivity index (χ0) is 20.6. The Balaban J connectivity index is 1.47. The lowest BCUT2D eigenvalue weighted by molar-refractivity contribution is -0.116. The molecular formula is C21H20N4O4. The van der Waals surface area contributed by atoms with Crippen LogP contribution in [-0.2, 0) is 4.79 Å². The number of amides is 2. The van der Waals surface area contributed by atoms with E-state index in [1.807, 2.05) is 12.1 Å². The van der Waals surface area contributed by atoms with Crippen LogP contribution in [0.15, 0.2) is 59.4 Å². The second kappa shape index (κ2) is 9.32. The maximum absolute atomic E-state index is 12.2. The van der Waals surface area contributed by atoms with E-state index in [-0.39, 0.29) is 30.4 Å². The van der Waals surface area contributed by atoms with E-state index in [1.54, 1.807) is 49.6 Å². The molecule has 0 radical (unpaired) electrons. The smallest absolute Gasteiger partial charge is 0.287 e. The van der Waals surface area contributed by atoms with Gasteiger partial charge in [-0.05, 0) is 35.9 Å². The van der Waals surface area contributed by atoms with Gasteiger partial charge in [-0.2, -0.15) is 0 Å². The Hall–Kier alpha value is -3.94. The Morgan fingerprint density at radius 3 is 2.55 bits per heavy atom. The Bertz CT molecular complexity index is 1100. The number of hydrogen-bond acceptors (Lipinski definition) is 5. The Morgan fingerprint density at radius 2 is 1.79 bits per heavy atom. The molecule has 2 amide bonds. The molecule has 0 aliphatic heterocycles. The lowest BCUT2D eigenvalue weighted by Crippen LogP contribution is -2.35. The fourth-order valence-electron chi connectivity index (χ4n) is 2.59. The van der Waals surface area contributed by atoms with Crippen molar-refractivity contribution < 1.29 is 14.3 Å². The van der Waals surface area contributed by atoms with Crippen LogP contribution >= 0.6 is 0 Å². The average molecular weight is 392 g/mol. The summed E-state index contributed by atoms with van der Waals surface area (Å²) in [5, 5.41) is 5.69. The van der Waals surface area contributed by atoms with Gasteiger partial charge in [0.15, 0.2) is 5.82 Å². The standard InChI is InChI=1S/C21H20N4O4/c1-29-15-9-6-14(7-10-15)8-11-18(26)22-12-13-23-21(28)19-24-17-5-3-2-4-16(17)20(27)25-19/h2-11H,12-13H2,1H3,(H,22,26)(H,23,28)(H,24,25,27)/b11-8+. The van der Waals surface area contributed by atoms with Crippen LogP contribution in [0.3, 0.4) is 0 Å². The molecule has 148 valence electrons. The number of rotatable bonds is 7. The number of benzene rings is 2. The van der Waals surface area contributed by atoms with Gasteiger partial charge in [0.1, 0.15) is 5.75 Å². The van der Waals surface area contributed by atoms with Gasteiger partial charge < -0.3 is 20.4 Å². The van der Waals surface area contributed by atoms with E-state index in [0.717, 1.165) is 11.3 Å². The van der Waals surface area contributed by atoms with Crippen molar-refractivity contribution in [3.05, 3.63) is 76.3 Å². The van der Waals surface area contributed by atoms with Crippen LogP contribution < -0.4 is 20.9 Å². The van der Waals surface area contributed by atoms with Gasteiger partial charge in [-0.25, -0.2) is 4.98 Å². The van der Waals surface area contributed by atoms with Gasteiger partial charge in [0.25, 0.3) is 11.5 Å². The largest absolute Gasteiger partial charge is 0.497 e. The predicted octanol–water partition coefficient (Wildman–Crippen LogP) is 1.49. The summed E-state index contributed by atoms with van der Waals surface area (Å²) in [4.78, 5) is 42.6. The molecule has 3 aromatic rings. The normalized spacial score (nSPS) is 10.8. The van der Waals surface area contributed by atoms with Crippen LogP contribution in [0.5, 0.6) is 5.75 Å². The second-order valence-electron chi connectivity index (χ2n) is 6.09. The summed E-state index contributed by atoms with van der Waals surface area (Å²) >= 11 is 0. The number of carbonyl (C=O) groups is 2. The average Bonchev–Trinajstić information content (AvgIpc) is 2.75. The van der Waals surface area contributed by atoms with E-state index in [2.05, 4.69) is 20.6 Å². The SMILES string of the molecule is COc1ccc(/C=C/C(=O)NCCNC(=O)c2nc3ccccc3c(=O)[nH]2)cc1. The first-order valence-electron chi connectivity index (χ1n) is 8.94. The zero-order valence-corrected chi connectivity index (χ0v) is 15.8. The van der Waals surface area contributed by atoms with Crippen molar-refractivity contribution in [3.8, 4) is 5.75 Å². The lowest BCUT2D eigenvalue weighted by Gasteiger charge is -2.06. The maximum atomic E-state index is 12.2. The minimum absolute atomic E-state index is 0.0700. The number of methoxy groups -OCH3 is 1. The topological polar surface area (TPSA) is 113 Å². The first kappa shape index (κ1) is 19.8. The number of hydrogen-bond donors (Lipinski definition) is 3. The van der Waals surface area contributed by atoms with Crippen LogP contribution in [0.2, 0.25) is 0 Å². The van der Waals surface area contributed by atoms with Gasteiger partial charge in [0.2, 0.25) is 5.91 Å². The van der Waals surface area contributed by atoms with Crippen molar-refractivity contribution in [2.45, 2.75) is 0 Å². The molecule has 8 nitrogen and oxygen atoms in total. The van der Waals surface area contributed by atoms with Crippen molar-refractivity contribution in [1.82, 2.24) is 20.6 Å². The third kappa shape index (κ3) is 5.29. The molecule has 0 bridgehead atoms. The van der Waals surface area contributed by atoms with Crippen molar-refractivity contribution in [2.75, 3.05) is 20.2 Å². The molecule has 0 saturated heterocycles. The Morgan fingerprint density at radius 1 is 1.07 bits per heavy atom. The minimum Gasteiger partial charge on any atom is -0.497 e. The molecular weight excluding hydrogens is 372 g/mol. The van der Waals surface area contributed by atoms with Gasteiger partial charge in [0.05, 0.1) is 18.0 Å². The molecule has 1 heterocycles. The third-order valence-electron chi connectivity index (χ3n) is 4.08. The number of aromatic amines is 1. The third-order valence-corrected chi connectivity index (χ3v) is 4.08. The molecule has 2 aromatic carbocycles. The number of aromatic nitrogens is 2. The molecule has 0 unspecified atom stereocenters. The molecule has 1 aromatic heterocycles. The van der Waals surface area contributed by atoms with Gasteiger partial charge in [-0.3, -0.25) is 14.4 Å². The van der Waals surface area contributed by atoms with Crippen LogP contribution in [-0.4, -0.2) is 42.0 Å². The molecule has 0 atom stereocenters. The highest BCUT2D eigenvalue weighted by Gasteiger charge is 2.10. The number of carbonyl (C=O) groups excluding carboxylic acids is 2. The Kier molecular flexibility index (Phi) is 6.36. The summed E-state index contributed by atoms with van der Waals surface area (Å²) in [6.45, 7) is 0.423. The fourth-order valence-corrected chi connectivity index (χ4v) is 2.59. The first-order chi connectivity index (χ1) is 14.1. The van der Waals surface area contributed by atoms with Crippen LogP contribution in [0.4, 0.5) is 0 Å². The molecule has 3 N–H and O–H groups in total. The van der Waals surface area contributed by atoms with Gasteiger partial charge in [-0.1, -0.05) is 24.3 Å². The van der Waals surface area contributed by atoms with Gasteiger partial charge in [0, 0.05) is 19.2 Å². The Labute approximate surface area is 166 Å². The molecule has 0 saturated carbocycles. The number of ether oxygens (including phenoxy) is 1. The fraction of sp³-hybridized carbons (Fsp3) is 0.143. The molecule has 0 aliphatic carbocycles. The summed E-state index contributed by atoms with van der Waals surface area (Å²) in [5.74, 6) is -0.132. The number of para-hydroxylation sites is 1. The predicted molar refractivity (Wildman–Crippen MR) is 110 cm³/mol. The van der Waals surface area contributed by atoms with E-state index < -0.39 is 5.91 Å². The van der Waals surface area contributed by atoms with Crippen molar-refractivity contribution in [2.24, 2.45) is 0 Å². The molecule has 8 heteroatoms. The summed E-state index contributed by atoms with van der Waals surface area (Å²) in [5.41, 5.74) is 0.927. The molecule has 29 heavy (non-hydrogen) atoms. The lowest BCUT2D eigenvalue weighted by atomic mass is 10.2. The monoisotopic (exact) mass is 392 g/mol. The van der Waals surface area contributed by atoms with E-state index in [4.69, 9.17) is 4.74 Å². The minimum atomic E-state index is -0.518. The van der Waals surface area contributed by atoms with Gasteiger partial charge >= 0.3 is 0 Å². The highest BCUT2D eigenvalue weighted by atomic mass is 16.5. The van der Waals surface area contributed by atoms with Crippen molar-refractivity contribution in [3.63, 3.8) is 0 Å². The maximum Gasteiger partial charge on any atom is 0.287 e. The summed E-state index contributed by atoms with van der Waals surface area (Å²) in [6.07, 6.45) is 3.09. The van der Waals surface area contributed by atoms with Crippen LogP contribution in [0.25, 0.3) is 17.0 Å². The highest BCUT2D eigenvalue weighted by molar-refractivity contribution is 5.93. The summed E-state index contributed by atoms with van der Waals surface area (Å²) < 4.78 is 5.08. The number of nitrogens with zero attached hydrogens (tertiary/aromatic N) is 1. The second-order valence-corrected chi connectivity index (χ2v) is 6.09. The quantitative estimate of drug-likeness (QED) is 0.416. The zero-order valence-electron chi connectivity index (χ0n) is 15.8. The van der Waals surface area contributed by atoms with E-state index in [0.29, 0.717) is 10.9 Å². The van der Waals surface area contributed by atoms with Crippen molar-refractivity contribution in [1.29, 1.82) is 0 Å². The number of fused-ring (bicyclic) bond motifs is 1. The molecule has 3 rings (SSSR count). The summed E-state index contributed by atoms with van der Waals surface area (Å²) in [7, 11) is 1.59. The van der Waals surface area contributed by atoms with Crippen molar-refractivity contribution >= 4 is 28.8 Å². The van der Waals surface area contributed by atoms with E-state index in [1.165, 1.54) is 6.08 Å². The van der Waals surface area contributed by atoms with E-state index >= 15 is 0 Å². The number of H-pyrrole nitrogens is 1. The molecule has 0 fully saturated rings.